The minimum absolute atomic E-state index is 0.226. The van der Waals surface area contributed by atoms with Gasteiger partial charge in [-0.1, -0.05) is 45.1 Å². The molecule has 0 unspecified atom stereocenters. The quantitative estimate of drug-likeness (QED) is 0.626. The van der Waals surface area contributed by atoms with Crippen molar-refractivity contribution in [3.8, 4) is 17.1 Å². The van der Waals surface area contributed by atoms with Gasteiger partial charge in [-0.3, -0.25) is 0 Å². The molecule has 0 atom stereocenters. The molecule has 1 heterocycles. The first-order valence-electron chi connectivity index (χ1n) is 9.94. The summed E-state index contributed by atoms with van der Waals surface area (Å²) in [5, 5.41) is 8.06. The summed E-state index contributed by atoms with van der Waals surface area (Å²) in [5.74, 6) is 1.97. The predicted octanol–water partition coefficient (Wildman–Crippen LogP) is 5.83. The van der Waals surface area contributed by atoms with E-state index in [2.05, 4.69) is 17.1 Å². The summed E-state index contributed by atoms with van der Waals surface area (Å²) in [7, 11) is 0. The van der Waals surface area contributed by atoms with Gasteiger partial charge in [-0.05, 0) is 55.4 Å². The summed E-state index contributed by atoms with van der Waals surface area (Å²) < 4.78 is 19.8. The fraction of sp³-hybridized carbons (Fsp3) is 0.545. The van der Waals surface area contributed by atoms with Crippen molar-refractivity contribution in [2.75, 3.05) is 6.61 Å². The monoisotopic (exact) mass is 356 g/mol. The second-order valence-electron chi connectivity index (χ2n) is 7.34. The molecule has 1 aliphatic carbocycles. The molecule has 1 aromatic carbocycles. The zero-order valence-electron chi connectivity index (χ0n) is 15.9. The van der Waals surface area contributed by atoms with E-state index in [0.29, 0.717) is 23.7 Å². The molecular formula is C22H29FN2O. The van der Waals surface area contributed by atoms with Gasteiger partial charge in [-0.2, -0.15) is 0 Å². The summed E-state index contributed by atoms with van der Waals surface area (Å²) in [4.78, 5) is 0. The molecule has 1 aromatic heterocycles. The van der Waals surface area contributed by atoms with Gasteiger partial charge in [-0.25, -0.2) is 4.39 Å². The van der Waals surface area contributed by atoms with Crippen LogP contribution in [-0.2, 0) is 6.42 Å². The minimum Gasteiger partial charge on any atom is -0.477 e. The highest BCUT2D eigenvalue weighted by Gasteiger charge is 2.19. The molecule has 140 valence electrons. The zero-order valence-corrected chi connectivity index (χ0v) is 15.9. The van der Waals surface area contributed by atoms with E-state index in [9.17, 15) is 4.39 Å². The van der Waals surface area contributed by atoms with Crippen LogP contribution in [0.2, 0.25) is 0 Å². The molecule has 1 saturated carbocycles. The van der Waals surface area contributed by atoms with Crippen LogP contribution in [0.15, 0.2) is 30.3 Å². The van der Waals surface area contributed by atoms with Crippen molar-refractivity contribution in [3.05, 3.63) is 41.7 Å². The SMILES string of the molecule is CCOc1ccc(-c2ccc(CCC3CCC(CC)CC3)cc2F)nn1. The van der Waals surface area contributed by atoms with Crippen molar-refractivity contribution in [2.45, 2.75) is 58.8 Å². The van der Waals surface area contributed by atoms with Crippen molar-refractivity contribution >= 4 is 0 Å². The summed E-state index contributed by atoms with van der Waals surface area (Å²) in [6.45, 7) is 4.73. The van der Waals surface area contributed by atoms with Gasteiger partial charge in [0, 0.05) is 11.6 Å². The Morgan fingerprint density at radius 1 is 1.00 bits per heavy atom. The number of nitrogens with zero attached hydrogens (tertiary/aromatic N) is 2. The lowest BCUT2D eigenvalue weighted by molar-refractivity contribution is 0.259. The zero-order chi connectivity index (χ0) is 18.4. The maximum Gasteiger partial charge on any atom is 0.233 e. The molecular weight excluding hydrogens is 327 g/mol. The third kappa shape index (κ3) is 4.80. The van der Waals surface area contributed by atoms with E-state index in [0.717, 1.165) is 30.2 Å². The second kappa shape index (κ2) is 9.11. The number of hydrogen-bond acceptors (Lipinski definition) is 3. The Labute approximate surface area is 156 Å². The van der Waals surface area contributed by atoms with Gasteiger partial charge >= 0.3 is 0 Å². The number of hydrogen-bond donors (Lipinski definition) is 0. The summed E-state index contributed by atoms with van der Waals surface area (Å²) in [6, 6.07) is 8.98. The summed E-state index contributed by atoms with van der Waals surface area (Å²) in [6.07, 6.45) is 8.83. The Balaban J connectivity index is 1.59. The highest BCUT2D eigenvalue weighted by Crippen LogP contribution is 2.33. The first kappa shape index (κ1) is 18.8. The summed E-state index contributed by atoms with van der Waals surface area (Å²) >= 11 is 0. The standard InChI is InChI=1S/C22H29FN2O/c1-3-16-5-7-17(8-6-16)9-10-18-11-12-19(20(23)15-18)21-13-14-22(25-24-21)26-4-2/h11-17H,3-10H2,1-2H3. The Morgan fingerprint density at radius 2 is 1.77 bits per heavy atom. The molecule has 26 heavy (non-hydrogen) atoms. The Kier molecular flexibility index (Phi) is 6.59. The molecule has 3 rings (SSSR count). The van der Waals surface area contributed by atoms with Crippen molar-refractivity contribution in [2.24, 2.45) is 11.8 Å². The maximum absolute atomic E-state index is 14.5. The molecule has 0 amide bonds. The lowest BCUT2D eigenvalue weighted by Gasteiger charge is -2.27. The molecule has 0 radical (unpaired) electrons. The molecule has 0 N–H and O–H groups in total. The van der Waals surface area contributed by atoms with E-state index < -0.39 is 0 Å². The number of aryl methyl sites for hydroxylation is 1. The second-order valence-corrected chi connectivity index (χ2v) is 7.34. The van der Waals surface area contributed by atoms with Crippen LogP contribution in [0.4, 0.5) is 4.39 Å². The van der Waals surface area contributed by atoms with E-state index in [4.69, 9.17) is 4.74 Å². The predicted molar refractivity (Wildman–Crippen MR) is 103 cm³/mol. The Bertz CT molecular complexity index is 694. The highest BCUT2D eigenvalue weighted by atomic mass is 19.1. The van der Waals surface area contributed by atoms with Gasteiger partial charge in [0.25, 0.3) is 0 Å². The van der Waals surface area contributed by atoms with E-state index in [1.807, 2.05) is 19.1 Å². The van der Waals surface area contributed by atoms with Crippen LogP contribution >= 0.6 is 0 Å². The molecule has 0 bridgehead atoms. The fourth-order valence-electron chi connectivity index (χ4n) is 3.91. The third-order valence-electron chi connectivity index (χ3n) is 5.63. The average molecular weight is 356 g/mol. The number of halogens is 1. The Hall–Kier alpha value is -1.97. The molecule has 0 aliphatic heterocycles. The summed E-state index contributed by atoms with van der Waals surface area (Å²) in [5.41, 5.74) is 2.10. The average Bonchev–Trinajstić information content (AvgIpc) is 2.68. The molecule has 0 saturated heterocycles. The number of aromatic nitrogens is 2. The molecule has 2 aromatic rings. The largest absolute Gasteiger partial charge is 0.477 e. The first-order valence-corrected chi connectivity index (χ1v) is 9.94. The van der Waals surface area contributed by atoms with Crippen LogP contribution in [0.1, 0.15) is 57.9 Å². The van der Waals surface area contributed by atoms with Crippen LogP contribution in [0, 0.1) is 17.7 Å². The van der Waals surface area contributed by atoms with Crippen LogP contribution in [0.3, 0.4) is 0 Å². The van der Waals surface area contributed by atoms with Crippen molar-refractivity contribution in [3.63, 3.8) is 0 Å². The molecule has 3 nitrogen and oxygen atoms in total. The lowest BCUT2D eigenvalue weighted by atomic mass is 9.78. The van der Waals surface area contributed by atoms with Crippen molar-refractivity contribution in [1.29, 1.82) is 0 Å². The van der Waals surface area contributed by atoms with E-state index >= 15 is 0 Å². The van der Waals surface area contributed by atoms with Gasteiger partial charge in [0.2, 0.25) is 5.88 Å². The van der Waals surface area contributed by atoms with Gasteiger partial charge in [0.05, 0.1) is 12.3 Å². The van der Waals surface area contributed by atoms with Crippen LogP contribution in [0.5, 0.6) is 5.88 Å². The van der Waals surface area contributed by atoms with Crippen LogP contribution in [-0.4, -0.2) is 16.8 Å². The topological polar surface area (TPSA) is 35.0 Å². The van der Waals surface area contributed by atoms with Gasteiger partial charge in [0.15, 0.2) is 0 Å². The number of rotatable bonds is 7. The normalized spacial score (nSPS) is 20.1. The van der Waals surface area contributed by atoms with Crippen LogP contribution < -0.4 is 4.74 Å². The maximum atomic E-state index is 14.5. The Morgan fingerprint density at radius 3 is 2.38 bits per heavy atom. The van der Waals surface area contributed by atoms with Gasteiger partial charge < -0.3 is 4.74 Å². The minimum atomic E-state index is -0.226. The molecule has 1 aliphatic rings. The van der Waals surface area contributed by atoms with E-state index in [1.165, 1.54) is 32.1 Å². The number of ether oxygens (including phenoxy) is 1. The first-order chi connectivity index (χ1) is 12.7. The van der Waals surface area contributed by atoms with E-state index in [-0.39, 0.29) is 5.82 Å². The fourth-order valence-corrected chi connectivity index (χ4v) is 3.91. The number of benzene rings is 1. The van der Waals surface area contributed by atoms with Gasteiger partial charge in [0.1, 0.15) is 5.82 Å². The molecule has 4 heteroatoms. The lowest BCUT2D eigenvalue weighted by Crippen LogP contribution is -2.14. The highest BCUT2D eigenvalue weighted by molar-refractivity contribution is 5.60. The van der Waals surface area contributed by atoms with E-state index in [1.54, 1.807) is 18.2 Å². The van der Waals surface area contributed by atoms with Crippen LogP contribution in [0.25, 0.3) is 11.3 Å². The third-order valence-corrected chi connectivity index (χ3v) is 5.63. The van der Waals surface area contributed by atoms with Gasteiger partial charge in [-0.15, -0.1) is 10.2 Å². The van der Waals surface area contributed by atoms with Crippen molar-refractivity contribution < 1.29 is 9.13 Å². The smallest absolute Gasteiger partial charge is 0.233 e. The molecule has 0 spiro atoms. The molecule has 1 fully saturated rings. The van der Waals surface area contributed by atoms with Crippen molar-refractivity contribution in [1.82, 2.24) is 10.2 Å².